The second-order valence-corrected chi connectivity index (χ2v) is 2.65. The zero-order valence-electron chi connectivity index (χ0n) is 6.51. The minimum Gasteiger partial charge on any atom is -0.429 e. The fourth-order valence-electron chi connectivity index (χ4n) is 0.870. The quantitative estimate of drug-likeness (QED) is 0.630. The highest BCUT2D eigenvalue weighted by molar-refractivity contribution is 4.86. The fraction of sp³-hybridized carbons (Fsp3) is 0.571. The van der Waals surface area contributed by atoms with E-state index in [4.69, 9.17) is 9.83 Å². The Bertz CT molecular complexity index is 269. The average molecular weight is 140 g/mol. The van der Waals surface area contributed by atoms with E-state index in [1.807, 2.05) is 27.0 Å². The molecule has 0 saturated heterocycles. The molecule has 1 aromatic heterocycles. The van der Waals surface area contributed by atoms with Gasteiger partial charge in [0, 0.05) is 12.2 Å². The van der Waals surface area contributed by atoms with Crippen LogP contribution >= 0.6 is 0 Å². The molecule has 3 heteroatoms. The normalized spacial score (nSPS) is 10.8. The summed E-state index contributed by atoms with van der Waals surface area (Å²) in [5.74, 6) is 0.790. The number of rotatable bonds is 1. The van der Waals surface area contributed by atoms with E-state index < -0.39 is 0 Å². The molecule has 1 N–H and O–H groups in total. The predicted molar refractivity (Wildman–Crippen MR) is 37.7 cm³/mol. The first-order valence-corrected chi connectivity index (χ1v) is 3.34. The summed E-state index contributed by atoms with van der Waals surface area (Å²) in [5, 5.41) is 7.32. The summed E-state index contributed by atoms with van der Waals surface area (Å²) in [4.78, 5) is 0. The third-order valence-corrected chi connectivity index (χ3v) is 1.37. The fourth-order valence-corrected chi connectivity index (χ4v) is 0.870. The van der Waals surface area contributed by atoms with Gasteiger partial charge in [-0.2, -0.15) is 0 Å². The molecular weight excluding hydrogens is 128 g/mol. The molecule has 0 aliphatic carbocycles. The summed E-state index contributed by atoms with van der Waals surface area (Å²) < 4.78 is 6.79. The molecule has 10 heavy (non-hydrogen) atoms. The largest absolute Gasteiger partial charge is 0.429 e. The van der Waals surface area contributed by atoms with Crippen LogP contribution in [-0.2, 0) is 0 Å². The smallest absolute Gasteiger partial charge is 0.294 e. The van der Waals surface area contributed by atoms with E-state index in [9.17, 15) is 0 Å². The van der Waals surface area contributed by atoms with Crippen molar-refractivity contribution in [3.05, 3.63) is 17.6 Å². The maximum absolute atomic E-state index is 7.32. The zero-order valence-corrected chi connectivity index (χ0v) is 6.51. The van der Waals surface area contributed by atoms with Gasteiger partial charge in [0.25, 0.3) is 5.68 Å². The summed E-state index contributed by atoms with van der Waals surface area (Å²) in [5.41, 5.74) is 0.229. The summed E-state index contributed by atoms with van der Waals surface area (Å²) in [6.07, 6.45) is 1.84. The monoisotopic (exact) mass is 140 g/mol. The van der Waals surface area contributed by atoms with Crippen molar-refractivity contribution in [1.82, 2.24) is 4.57 Å². The van der Waals surface area contributed by atoms with Crippen molar-refractivity contribution in [2.24, 2.45) is 0 Å². The Labute approximate surface area is 59.8 Å². The molecular formula is C7H12N2O. The van der Waals surface area contributed by atoms with Crippen molar-refractivity contribution in [2.75, 3.05) is 0 Å². The predicted octanol–water partition coefficient (Wildman–Crippen LogP) is 1.45. The Balaban J connectivity index is 3.16. The summed E-state index contributed by atoms with van der Waals surface area (Å²) in [6, 6.07) is 0.310. The molecule has 3 nitrogen and oxygen atoms in total. The number of nitrogens with zero attached hydrogens (tertiary/aromatic N) is 1. The van der Waals surface area contributed by atoms with Gasteiger partial charge in [-0.25, -0.2) is 0 Å². The van der Waals surface area contributed by atoms with Gasteiger partial charge in [-0.05, 0) is 20.8 Å². The van der Waals surface area contributed by atoms with Gasteiger partial charge in [0.15, 0.2) is 0 Å². The number of nitrogens with one attached hydrogen (secondary N) is 1. The number of aryl methyl sites for hydroxylation is 1. The van der Waals surface area contributed by atoms with Crippen molar-refractivity contribution in [3.8, 4) is 0 Å². The maximum atomic E-state index is 7.32. The van der Waals surface area contributed by atoms with E-state index in [0.717, 1.165) is 5.76 Å². The van der Waals surface area contributed by atoms with Gasteiger partial charge in [-0.1, -0.05) is 0 Å². The molecule has 0 atom stereocenters. The first kappa shape index (κ1) is 7.12. The highest BCUT2D eigenvalue weighted by Crippen LogP contribution is 2.01. The van der Waals surface area contributed by atoms with E-state index in [1.165, 1.54) is 0 Å². The van der Waals surface area contributed by atoms with E-state index in [2.05, 4.69) is 0 Å². The van der Waals surface area contributed by atoms with E-state index in [1.54, 1.807) is 4.57 Å². The van der Waals surface area contributed by atoms with Crippen LogP contribution in [0.15, 0.2) is 10.6 Å². The topological polar surface area (TPSA) is 41.9 Å². The zero-order chi connectivity index (χ0) is 7.72. The van der Waals surface area contributed by atoms with Crippen LogP contribution in [0.2, 0.25) is 0 Å². The van der Waals surface area contributed by atoms with Gasteiger partial charge >= 0.3 is 0 Å². The van der Waals surface area contributed by atoms with E-state index in [-0.39, 0.29) is 5.68 Å². The van der Waals surface area contributed by atoms with Crippen LogP contribution in [0.1, 0.15) is 25.6 Å². The van der Waals surface area contributed by atoms with Crippen LogP contribution < -0.4 is 5.68 Å². The maximum Gasteiger partial charge on any atom is 0.294 e. The first-order chi connectivity index (χ1) is 4.61. The highest BCUT2D eigenvalue weighted by Gasteiger charge is 2.01. The van der Waals surface area contributed by atoms with Gasteiger partial charge in [-0.3, -0.25) is 9.98 Å². The average Bonchev–Trinajstić information content (AvgIpc) is 2.10. The van der Waals surface area contributed by atoms with Gasteiger partial charge in [-0.15, -0.1) is 0 Å². The molecule has 56 valence electrons. The highest BCUT2D eigenvalue weighted by atomic mass is 16.4. The van der Waals surface area contributed by atoms with E-state index >= 15 is 0 Å². The van der Waals surface area contributed by atoms with Crippen LogP contribution in [0.5, 0.6) is 0 Å². The third-order valence-electron chi connectivity index (χ3n) is 1.37. The van der Waals surface area contributed by atoms with Crippen molar-refractivity contribution < 1.29 is 4.42 Å². The first-order valence-electron chi connectivity index (χ1n) is 3.34. The van der Waals surface area contributed by atoms with Gasteiger partial charge in [0.2, 0.25) is 0 Å². The molecule has 0 fully saturated rings. The van der Waals surface area contributed by atoms with Crippen LogP contribution in [0.25, 0.3) is 0 Å². The Morgan fingerprint density at radius 1 is 1.60 bits per heavy atom. The summed E-state index contributed by atoms with van der Waals surface area (Å²) >= 11 is 0. The SMILES string of the molecule is Cc1cn(C(C)C)c(=N)o1. The van der Waals surface area contributed by atoms with Crippen molar-refractivity contribution >= 4 is 0 Å². The Morgan fingerprint density at radius 3 is 2.40 bits per heavy atom. The minimum absolute atomic E-state index is 0.229. The molecule has 0 aliphatic heterocycles. The van der Waals surface area contributed by atoms with Crippen molar-refractivity contribution in [2.45, 2.75) is 26.8 Å². The van der Waals surface area contributed by atoms with Crippen molar-refractivity contribution in [3.63, 3.8) is 0 Å². The standard InChI is InChI=1S/C7H12N2O/c1-5(2)9-4-6(3)10-7(9)8/h4-5,8H,1-3H3. The van der Waals surface area contributed by atoms with Crippen LogP contribution in [0.4, 0.5) is 0 Å². The molecule has 0 radical (unpaired) electrons. The minimum atomic E-state index is 0.229. The summed E-state index contributed by atoms with van der Waals surface area (Å²) in [7, 11) is 0. The molecule has 0 unspecified atom stereocenters. The van der Waals surface area contributed by atoms with Crippen LogP contribution in [0, 0.1) is 12.3 Å². The van der Waals surface area contributed by atoms with Crippen molar-refractivity contribution in [1.29, 1.82) is 5.41 Å². The molecule has 0 amide bonds. The second-order valence-electron chi connectivity index (χ2n) is 2.65. The molecule has 1 heterocycles. The lowest BCUT2D eigenvalue weighted by Gasteiger charge is -2.02. The second kappa shape index (κ2) is 2.33. The molecule has 1 rings (SSSR count). The Hall–Kier alpha value is -0.990. The number of aromatic nitrogens is 1. The molecule has 0 aliphatic rings. The molecule has 0 saturated carbocycles. The lowest BCUT2D eigenvalue weighted by Crippen LogP contribution is -2.15. The molecule has 0 aromatic carbocycles. The third kappa shape index (κ3) is 1.12. The van der Waals surface area contributed by atoms with Crippen LogP contribution in [0.3, 0.4) is 0 Å². The van der Waals surface area contributed by atoms with Gasteiger partial charge in [0.1, 0.15) is 5.76 Å². The Kier molecular flexibility index (Phi) is 1.66. The van der Waals surface area contributed by atoms with Crippen LogP contribution in [-0.4, -0.2) is 4.57 Å². The lowest BCUT2D eigenvalue weighted by molar-refractivity contribution is 0.417. The number of hydrogen-bond acceptors (Lipinski definition) is 2. The lowest BCUT2D eigenvalue weighted by atomic mass is 10.4. The van der Waals surface area contributed by atoms with Gasteiger partial charge < -0.3 is 4.42 Å². The Morgan fingerprint density at radius 2 is 2.20 bits per heavy atom. The summed E-state index contributed by atoms with van der Waals surface area (Å²) in [6.45, 7) is 5.89. The number of hydrogen-bond donors (Lipinski definition) is 1. The number of oxazole rings is 1. The van der Waals surface area contributed by atoms with E-state index in [0.29, 0.717) is 6.04 Å². The molecule has 0 spiro atoms. The molecule has 0 bridgehead atoms. The molecule has 1 aromatic rings. The van der Waals surface area contributed by atoms with Gasteiger partial charge in [0.05, 0.1) is 0 Å².